The van der Waals surface area contributed by atoms with Gasteiger partial charge in [-0.05, 0) is 25.5 Å². The van der Waals surface area contributed by atoms with Gasteiger partial charge in [-0.2, -0.15) is 0 Å². The average Bonchev–Trinajstić information content (AvgIpc) is 2.44. The molecule has 2 atom stereocenters. The summed E-state index contributed by atoms with van der Waals surface area (Å²) >= 11 is 0. The Labute approximate surface area is 117 Å². The summed E-state index contributed by atoms with van der Waals surface area (Å²) in [7, 11) is 1.43. The molecule has 0 saturated heterocycles. The maximum Gasteiger partial charge on any atom is 0.359 e. The van der Waals surface area contributed by atoms with Crippen LogP contribution < -0.4 is 9.47 Å². The van der Waals surface area contributed by atoms with Crippen molar-refractivity contribution in [1.82, 2.24) is 0 Å². The molecule has 0 aliphatic carbocycles. The number of aliphatic carboxylic acids is 1. The molecule has 2 unspecified atom stereocenters. The lowest BCUT2D eigenvalue weighted by atomic mass is 10.3. The summed E-state index contributed by atoms with van der Waals surface area (Å²) in [6.45, 7) is 3.51. The van der Waals surface area contributed by atoms with Crippen molar-refractivity contribution in [2.24, 2.45) is 0 Å². The number of esters is 1. The second kappa shape index (κ2) is 7.37. The highest BCUT2D eigenvalue weighted by Gasteiger charge is 2.32. The summed E-state index contributed by atoms with van der Waals surface area (Å²) in [5.41, 5.74) is 0. The number of methoxy groups -OCH3 is 1. The van der Waals surface area contributed by atoms with Gasteiger partial charge in [0, 0.05) is 0 Å². The predicted octanol–water partition coefficient (Wildman–Crippen LogP) is 1.87. The number of rotatable bonds is 7. The Morgan fingerprint density at radius 1 is 1.25 bits per heavy atom. The van der Waals surface area contributed by atoms with Crippen LogP contribution in [0.1, 0.15) is 20.3 Å². The van der Waals surface area contributed by atoms with Crippen LogP contribution in [0.3, 0.4) is 0 Å². The molecule has 1 rings (SSSR count). The fourth-order valence-corrected chi connectivity index (χ4v) is 1.39. The van der Waals surface area contributed by atoms with Crippen molar-refractivity contribution in [2.45, 2.75) is 32.5 Å². The lowest BCUT2D eigenvalue weighted by molar-refractivity contribution is -0.166. The van der Waals surface area contributed by atoms with Gasteiger partial charge in [0.05, 0.1) is 13.2 Å². The van der Waals surface area contributed by atoms with E-state index in [1.165, 1.54) is 13.2 Å². The third-order valence-electron chi connectivity index (χ3n) is 2.64. The van der Waals surface area contributed by atoms with Gasteiger partial charge in [-0.15, -0.1) is 0 Å². The highest BCUT2D eigenvalue weighted by molar-refractivity contribution is 5.97. The maximum atomic E-state index is 11.8. The quantitative estimate of drug-likeness (QED) is 0.607. The molecule has 0 bridgehead atoms. The largest absolute Gasteiger partial charge is 0.493 e. The highest BCUT2D eigenvalue weighted by atomic mass is 16.6. The first-order chi connectivity index (χ1) is 9.49. The molecule has 1 N–H and O–H groups in total. The van der Waals surface area contributed by atoms with E-state index in [9.17, 15) is 9.59 Å². The van der Waals surface area contributed by atoms with Crippen molar-refractivity contribution < 1.29 is 28.9 Å². The van der Waals surface area contributed by atoms with E-state index in [-0.39, 0.29) is 11.9 Å². The molecule has 20 heavy (non-hydrogen) atoms. The Morgan fingerprint density at radius 3 is 2.35 bits per heavy atom. The third kappa shape index (κ3) is 4.15. The van der Waals surface area contributed by atoms with E-state index in [0.29, 0.717) is 12.2 Å². The van der Waals surface area contributed by atoms with Crippen LogP contribution in [-0.4, -0.2) is 36.4 Å². The molecule has 6 nitrogen and oxygen atoms in total. The number of ether oxygens (including phenoxy) is 3. The van der Waals surface area contributed by atoms with Crippen LogP contribution in [0, 0.1) is 0 Å². The SMILES string of the molecule is CCC(C)OC(=O)C(Oc1ccccc1OC)C(=O)O. The molecule has 0 aliphatic heterocycles. The monoisotopic (exact) mass is 282 g/mol. The summed E-state index contributed by atoms with van der Waals surface area (Å²) in [5, 5.41) is 9.09. The number of hydrogen-bond donors (Lipinski definition) is 1. The van der Waals surface area contributed by atoms with Gasteiger partial charge in [0.25, 0.3) is 6.10 Å². The van der Waals surface area contributed by atoms with Crippen LogP contribution in [0.4, 0.5) is 0 Å². The average molecular weight is 282 g/mol. The minimum Gasteiger partial charge on any atom is -0.493 e. The van der Waals surface area contributed by atoms with Gasteiger partial charge in [0.2, 0.25) is 0 Å². The summed E-state index contributed by atoms with van der Waals surface area (Å²) in [5.74, 6) is -1.83. The predicted molar refractivity (Wildman–Crippen MR) is 70.9 cm³/mol. The van der Waals surface area contributed by atoms with E-state index in [0.717, 1.165) is 0 Å². The zero-order valence-corrected chi connectivity index (χ0v) is 11.7. The maximum absolute atomic E-state index is 11.8. The standard InChI is InChI=1S/C14H18O6/c1-4-9(2)19-14(17)12(13(15)16)20-11-8-6-5-7-10(11)18-3/h5-9,12H,4H2,1-3H3,(H,15,16). The van der Waals surface area contributed by atoms with E-state index in [4.69, 9.17) is 19.3 Å². The van der Waals surface area contributed by atoms with E-state index < -0.39 is 18.0 Å². The van der Waals surface area contributed by atoms with Gasteiger partial charge in [-0.3, -0.25) is 0 Å². The number of carboxylic acids is 1. The number of para-hydroxylation sites is 2. The Balaban J connectivity index is 2.87. The summed E-state index contributed by atoms with van der Waals surface area (Å²) in [4.78, 5) is 22.9. The van der Waals surface area contributed by atoms with Gasteiger partial charge >= 0.3 is 11.9 Å². The van der Waals surface area contributed by atoms with Crippen molar-refractivity contribution in [3.05, 3.63) is 24.3 Å². The van der Waals surface area contributed by atoms with E-state index in [1.54, 1.807) is 25.1 Å². The molecular formula is C14H18O6. The number of benzene rings is 1. The van der Waals surface area contributed by atoms with Crippen molar-refractivity contribution >= 4 is 11.9 Å². The van der Waals surface area contributed by atoms with Crippen molar-refractivity contribution in [2.75, 3.05) is 7.11 Å². The van der Waals surface area contributed by atoms with Crippen LogP contribution in [-0.2, 0) is 14.3 Å². The number of carbonyl (C=O) groups is 2. The van der Waals surface area contributed by atoms with Crippen LogP contribution in [0.15, 0.2) is 24.3 Å². The van der Waals surface area contributed by atoms with Crippen molar-refractivity contribution in [3.63, 3.8) is 0 Å². The second-order valence-corrected chi connectivity index (χ2v) is 4.14. The lowest BCUT2D eigenvalue weighted by Crippen LogP contribution is -2.38. The minimum atomic E-state index is -1.72. The molecule has 0 heterocycles. The smallest absolute Gasteiger partial charge is 0.359 e. The van der Waals surface area contributed by atoms with Crippen LogP contribution >= 0.6 is 0 Å². The minimum absolute atomic E-state index is 0.170. The Hall–Kier alpha value is -2.24. The number of carbonyl (C=O) groups excluding carboxylic acids is 1. The molecule has 0 saturated carbocycles. The molecule has 6 heteroatoms. The van der Waals surface area contributed by atoms with Gasteiger partial charge in [-0.25, -0.2) is 9.59 Å². The molecule has 1 aromatic carbocycles. The Kier molecular flexibility index (Phi) is 5.83. The molecule has 0 fully saturated rings. The van der Waals surface area contributed by atoms with Gasteiger partial charge in [-0.1, -0.05) is 19.1 Å². The third-order valence-corrected chi connectivity index (χ3v) is 2.64. The van der Waals surface area contributed by atoms with Crippen molar-refractivity contribution in [3.8, 4) is 11.5 Å². The Morgan fingerprint density at radius 2 is 1.85 bits per heavy atom. The zero-order chi connectivity index (χ0) is 15.1. The molecule has 110 valence electrons. The fraction of sp³-hybridized carbons (Fsp3) is 0.429. The second-order valence-electron chi connectivity index (χ2n) is 4.14. The summed E-state index contributed by atoms with van der Waals surface area (Å²) < 4.78 is 15.2. The highest BCUT2D eigenvalue weighted by Crippen LogP contribution is 2.27. The van der Waals surface area contributed by atoms with E-state index >= 15 is 0 Å². The fourth-order valence-electron chi connectivity index (χ4n) is 1.39. The van der Waals surface area contributed by atoms with Crippen LogP contribution in [0.5, 0.6) is 11.5 Å². The first-order valence-electron chi connectivity index (χ1n) is 6.22. The van der Waals surface area contributed by atoms with Crippen molar-refractivity contribution in [1.29, 1.82) is 0 Å². The first kappa shape index (κ1) is 15.8. The molecule has 0 radical (unpaired) electrons. The molecular weight excluding hydrogens is 264 g/mol. The molecule has 0 spiro atoms. The normalized spacial score (nSPS) is 13.2. The lowest BCUT2D eigenvalue weighted by Gasteiger charge is -2.18. The first-order valence-corrected chi connectivity index (χ1v) is 6.22. The molecule has 0 amide bonds. The van der Waals surface area contributed by atoms with E-state index in [1.807, 2.05) is 6.92 Å². The van der Waals surface area contributed by atoms with Gasteiger partial charge in [0.1, 0.15) is 0 Å². The number of carboxylic acid groups (broad SMARTS) is 1. The van der Waals surface area contributed by atoms with Crippen LogP contribution in [0.2, 0.25) is 0 Å². The van der Waals surface area contributed by atoms with Crippen LogP contribution in [0.25, 0.3) is 0 Å². The molecule has 1 aromatic rings. The van der Waals surface area contributed by atoms with E-state index in [2.05, 4.69) is 0 Å². The molecule has 0 aromatic heterocycles. The number of hydrogen-bond acceptors (Lipinski definition) is 5. The zero-order valence-electron chi connectivity index (χ0n) is 11.7. The Bertz CT molecular complexity index is 470. The topological polar surface area (TPSA) is 82.1 Å². The summed E-state index contributed by atoms with van der Waals surface area (Å²) in [6, 6.07) is 6.48. The molecule has 0 aliphatic rings. The van der Waals surface area contributed by atoms with Gasteiger partial charge < -0.3 is 19.3 Å². The van der Waals surface area contributed by atoms with Gasteiger partial charge in [0.15, 0.2) is 11.5 Å². The summed E-state index contributed by atoms with van der Waals surface area (Å²) in [6.07, 6.45) is -1.50.